The second kappa shape index (κ2) is 4.12. The number of aryl methyl sites for hydroxylation is 1. The maximum absolute atomic E-state index is 12.1. The van der Waals surface area contributed by atoms with Gasteiger partial charge in [-0.05, 0) is 23.6 Å². The van der Waals surface area contributed by atoms with Gasteiger partial charge in [-0.15, -0.1) is 0 Å². The Morgan fingerprint density at radius 1 is 1.33 bits per heavy atom. The number of hydrogen-bond acceptors (Lipinski definition) is 3. The van der Waals surface area contributed by atoms with Crippen molar-refractivity contribution < 1.29 is 9.21 Å². The lowest BCUT2D eigenvalue weighted by atomic mass is 9.88. The van der Waals surface area contributed by atoms with E-state index < -0.39 is 5.76 Å². The van der Waals surface area contributed by atoms with Gasteiger partial charge in [0.2, 0.25) is 0 Å². The van der Waals surface area contributed by atoms with Crippen molar-refractivity contribution in [1.82, 2.24) is 4.57 Å². The first-order chi connectivity index (χ1) is 8.28. The lowest BCUT2D eigenvalue weighted by molar-refractivity contribution is 0.0940. The standard InChI is InChI=1S/C14H17NO3/c1-14(2,3)8-11(16)9-5-6-10-12(7-9)18-13(17)15(10)4/h5-7H,8H2,1-4H3. The predicted octanol–water partition coefficient (Wildman–Crippen LogP) is 2.75. The molecule has 0 bridgehead atoms. The van der Waals surface area contributed by atoms with Crippen LogP contribution in [0, 0.1) is 5.41 Å². The van der Waals surface area contributed by atoms with Crippen molar-refractivity contribution in [1.29, 1.82) is 0 Å². The lowest BCUT2D eigenvalue weighted by Gasteiger charge is -2.16. The number of nitrogens with zero attached hydrogens (tertiary/aromatic N) is 1. The van der Waals surface area contributed by atoms with E-state index >= 15 is 0 Å². The Balaban J connectivity index is 2.42. The van der Waals surface area contributed by atoms with Crippen LogP contribution in [0.1, 0.15) is 37.6 Å². The summed E-state index contributed by atoms with van der Waals surface area (Å²) in [6.07, 6.45) is 0.468. The van der Waals surface area contributed by atoms with Crippen LogP contribution in [0.4, 0.5) is 0 Å². The topological polar surface area (TPSA) is 52.2 Å². The summed E-state index contributed by atoms with van der Waals surface area (Å²) in [7, 11) is 1.64. The van der Waals surface area contributed by atoms with E-state index in [4.69, 9.17) is 4.42 Å². The molecule has 0 saturated carbocycles. The van der Waals surface area contributed by atoms with Gasteiger partial charge in [0.05, 0.1) is 5.52 Å². The third-order valence-corrected chi connectivity index (χ3v) is 2.81. The number of carbonyl (C=O) groups excluding carboxylic acids is 1. The highest BCUT2D eigenvalue weighted by Crippen LogP contribution is 2.23. The maximum Gasteiger partial charge on any atom is 0.419 e. The van der Waals surface area contributed by atoms with Crippen LogP contribution in [-0.4, -0.2) is 10.4 Å². The van der Waals surface area contributed by atoms with Crippen LogP contribution < -0.4 is 5.76 Å². The number of hydrogen-bond donors (Lipinski definition) is 0. The highest BCUT2D eigenvalue weighted by molar-refractivity contribution is 5.98. The molecule has 1 heterocycles. The molecule has 4 heteroatoms. The van der Waals surface area contributed by atoms with E-state index in [2.05, 4.69) is 0 Å². The third kappa shape index (κ3) is 2.37. The first-order valence-electron chi connectivity index (χ1n) is 5.91. The van der Waals surface area contributed by atoms with Gasteiger partial charge in [-0.3, -0.25) is 9.36 Å². The number of rotatable bonds is 2. The first kappa shape index (κ1) is 12.6. The molecule has 0 spiro atoms. The van der Waals surface area contributed by atoms with Crippen molar-refractivity contribution >= 4 is 16.9 Å². The molecule has 0 amide bonds. The Morgan fingerprint density at radius 2 is 2.00 bits per heavy atom. The average Bonchev–Trinajstić information content (AvgIpc) is 2.52. The molecule has 1 aromatic heterocycles. The zero-order valence-corrected chi connectivity index (χ0v) is 11.1. The molecule has 0 N–H and O–H groups in total. The van der Waals surface area contributed by atoms with Crippen molar-refractivity contribution in [3.63, 3.8) is 0 Å². The molecule has 2 aromatic rings. The molecule has 0 aliphatic carbocycles. The molecule has 18 heavy (non-hydrogen) atoms. The molecule has 2 rings (SSSR count). The molecule has 0 unspecified atom stereocenters. The van der Waals surface area contributed by atoms with Gasteiger partial charge >= 0.3 is 5.76 Å². The lowest BCUT2D eigenvalue weighted by Crippen LogP contribution is -2.13. The summed E-state index contributed by atoms with van der Waals surface area (Å²) < 4.78 is 6.50. The Kier molecular flexibility index (Phi) is 2.89. The monoisotopic (exact) mass is 247 g/mol. The molecule has 0 saturated heterocycles. The van der Waals surface area contributed by atoms with Gasteiger partial charge in [-0.1, -0.05) is 20.8 Å². The smallest absolute Gasteiger partial charge is 0.408 e. The second-order valence-corrected chi connectivity index (χ2v) is 5.77. The number of oxazole rings is 1. The minimum atomic E-state index is -0.412. The van der Waals surface area contributed by atoms with Crippen LogP contribution in [0.25, 0.3) is 11.1 Å². The van der Waals surface area contributed by atoms with Gasteiger partial charge in [0.25, 0.3) is 0 Å². The molecule has 0 aliphatic heterocycles. The van der Waals surface area contributed by atoms with Gasteiger partial charge in [0.15, 0.2) is 11.4 Å². The van der Waals surface area contributed by atoms with Crippen LogP contribution in [0.2, 0.25) is 0 Å². The van der Waals surface area contributed by atoms with E-state index in [0.717, 1.165) is 0 Å². The van der Waals surface area contributed by atoms with Gasteiger partial charge in [0, 0.05) is 19.0 Å². The zero-order valence-electron chi connectivity index (χ0n) is 11.1. The highest BCUT2D eigenvalue weighted by Gasteiger charge is 2.18. The molecule has 0 radical (unpaired) electrons. The van der Waals surface area contributed by atoms with Crippen molar-refractivity contribution in [3.05, 3.63) is 34.3 Å². The Labute approximate surface area is 105 Å². The Hall–Kier alpha value is -1.84. The van der Waals surface area contributed by atoms with E-state index in [-0.39, 0.29) is 11.2 Å². The third-order valence-electron chi connectivity index (χ3n) is 2.81. The highest BCUT2D eigenvalue weighted by atomic mass is 16.4. The van der Waals surface area contributed by atoms with Crippen LogP contribution in [0.5, 0.6) is 0 Å². The Morgan fingerprint density at radius 3 is 2.61 bits per heavy atom. The number of aromatic nitrogens is 1. The van der Waals surface area contributed by atoms with Crippen molar-refractivity contribution in [2.24, 2.45) is 12.5 Å². The van der Waals surface area contributed by atoms with Gasteiger partial charge in [-0.2, -0.15) is 0 Å². The number of Topliss-reactive ketones (excluding diaryl/α,β-unsaturated/α-hetero) is 1. The SMILES string of the molecule is Cn1c(=O)oc2cc(C(=O)CC(C)(C)C)ccc21. The van der Waals surface area contributed by atoms with E-state index in [1.54, 1.807) is 25.2 Å². The minimum Gasteiger partial charge on any atom is -0.408 e. The summed E-state index contributed by atoms with van der Waals surface area (Å²) in [6, 6.07) is 5.13. The summed E-state index contributed by atoms with van der Waals surface area (Å²) in [5, 5.41) is 0. The predicted molar refractivity (Wildman–Crippen MR) is 69.9 cm³/mol. The molecule has 0 fully saturated rings. The first-order valence-corrected chi connectivity index (χ1v) is 5.91. The quantitative estimate of drug-likeness (QED) is 0.767. The summed E-state index contributed by atoms with van der Waals surface area (Å²) >= 11 is 0. The fourth-order valence-electron chi connectivity index (χ4n) is 1.89. The normalized spacial score (nSPS) is 12.0. The molecule has 0 atom stereocenters. The summed E-state index contributed by atoms with van der Waals surface area (Å²) in [5.74, 6) is -0.346. The van der Waals surface area contributed by atoms with Crippen LogP contribution >= 0.6 is 0 Å². The van der Waals surface area contributed by atoms with E-state index in [1.807, 2.05) is 20.8 Å². The van der Waals surface area contributed by atoms with Crippen molar-refractivity contribution in [3.8, 4) is 0 Å². The zero-order chi connectivity index (χ0) is 13.5. The van der Waals surface area contributed by atoms with Gasteiger partial charge < -0.3 is 4.42 Å². The van der Waals surface area contributed by atoms with Crippen LogP contribution in [0.3, 0.4) is 0 Å². The maximum atomic E-state index is 12.1. The summed E-state index contributed by atoms with van der Waals surface area (Å²) in [4.78, 5) is 23.4. The number of carbonyl (C=O) groups is 1. The second-order valence-electron chi connectivity index (χ2n) is 5.77. The van der Waals surface area contributed by atoms with Gasteiger partial charge in [0.1, 0.15) is 0 Å². The largest absolute Gasteiger partial charge is 0.419 e. The fourth-order valence-corrected chi connectivity index (χ4v) is 1.89. The fraction of sp³-hybridized carbons (Fsp3) is 0.429. The van der Waals surface area contributed by atoms with Crippen molar-refractivity contribution in [2.45, 2.75) is 27.2 Å². The molecule has 1 aromatic carbocycles. The number of benzene rings is 1. The molecule has 0 aliphatic rings. The van der Waals surface area contributed by atoms with Crippen LogP contribution in [0.15, 0.2) is 27.4 Å². The number of fused-ring (bicyclic) bond motifs is 1. The molecule has 96 valence electrons. The average molecular weight is 247 g/mol. The minimum absolute atomic E-state index is 0.0520. The van der Waals surface area contributed by atoms with Gasteiger partial charge in [-0.25, -0.2) is 4.79 Å². The number of ketones is 1. The summed E-state index contributed by atoms with van der Waals surface area (Å²) in [5.41, 5.74) is 1.70. The van der Waals surface area contributed by atoms with E-state index in [1.165, 1.54) is 4.57 Å². The van der Waals surface area contributed by atoms with E-state index in [0.29, 0.717) is 23.1 Å². The van der Waals surface area contributed by atoms with Crippen LogP contribution in [-0.2, 0) is 7.05 Å². The molecule has 4 nitrogen and oxygen atoms in total. The summed E-state index contributed by atoms with van der Waals surface area (Å²) in [6.45, 7) is 6.06. The molecular weight excluding hydrogens is 230 g/mol. The molecular formula is C14H17NO3. The Bertz CT molecular complexity index is 656. The van der Waals surface area contributed by atoms with Crippen molar-refractivity contribution in [2.75, 3.05) is 0 Å². The van der Waals surface area contributed by atoms with E-state index in [9.17, 15) is 9.59 Å².